The van der Waals surface area contributed by atoms with Crippen LogP contribution in [0.3, 0.4) is 0 Å². The molecule has 1 aliphatic rings. The number of sulfonamides is 1. The second-order valence-electron chi connectivity index (χ2n) is 6.80. The van der Waals surface area contributed by atoms with E-state index in [4.69, 9.17) is 4.74 Å². The van der Waals surface area contributed by atoms with Crippen molar-refractivity contribution >= 4 is 16.0 Å². The SMILES string of the molecule is Cc1ccc(OC(=O)C2CCN(S(=O)(=O)c3ccccc3F)CC2)c(C)c1. The minimum absolute atomic E-state index is 0.156. The molecule has 0 N–H and O–H groups in total. The number of ether oxygens (including phenoxy) is 1. The molecule has 0 atom stereocenters. The Hall–Kier alpha value is -2.25. The molecule has 5 nitrogen and oxygen atoms in total. The Morgan fingerprint density at radius 3 is 2.41 bits per heavy atom. The molecule has 0 amide bonds. The van der Waals surface area contributed by atoms with E-state index < -0.39 is 15.8 Å². The van der Waals surface area contributed by atoms with Crippen LogP contribution in [0.25, 0.3) is 0 Å². The van der Waals surface area contributed by atoms with Crippen molar-refractivity contribution in [3.63, 3.8) is 0 Å². The van der Waals surface area contributed by atoms with Crippen molar-refractivity contribution in [1.82, 2.24) is 4.31 Å². The highest BCUT2D eigenvalue weighted by atomic mass is 32.2. The summed E-state index contributed by atoms with van der Waals surface area (Å²) in [6, 6.07) is 10.9. The van der Waals surface area contributed by atoms with Crippen LogP contribution < -0.4 is 4.74 Å². The summed E-state index contributed by atoms with van der Waals surface area (Å²) in [5.41, 5.74) is 1.96. The lowest BCUT2D eigenvalue weighted by molar-refractivity contribution is -0.140. The third-order valence-electron chi connectivity index (χ3n) is 4.78. The van der Waals surface area contributed by atoms with E-state index in [1.165, 1.54) is 22.5 Å². The van der Waals surface area contributed by atoms with E-state index in [1.54, 1.807) is 6.07 Å². The molecule has 3 rings (SSSR count). The zero-order valence-corrected chi connectivity index (χ0v) is 16.1. The van der Waals surface area contributed by atoms with Crippen LogP contribution in [0.15, 0.2) is 47.4 Å². The van der Waals surface area contributed by atoms with E-state index in [0.717, 1.165) is 17.2 Å². The number of rotatable bonds is 4. The maximum Gasteiger partial charge on any atom is 0.314 e. The minimum atomic E-state index is -3.91. The van der Waals surface area contributed by atoms with Gasteiger partial charge in [-0.25, -0.2) is 12.8 Å². The third kappa shape index (κ3) is 4.20. The van der Waals surface area contributed by atoms with E-state index in [1.807, 2.05) is 26.0 Å². The fraction of sp³-hybridized carbons (Fsp3) is 0.350. The molecular weight excluding hydrogens is 369 g/mol. The van der Waals surface area contributed by atoms with Crippen LogP contribution in [-0.2, 0) is 14.8 Å². The minimum Gasteiger partial charge on any atom is -0.426 e. The van der Waals surface area contributed by atoms with Gasteiger partial charge >= 0.3 is 5.97 Å². The van der Waals surface area contributed by atoms with E-state index in [9.17, 15) is 17.6 Å². The number of hydrogen-bond acceptors (Lipinski definition) is 4. The maximum absolute atomic E-state index is 13.9. The highest BCUT2D eigenvalue weighted by molar-refractivity contribution is 7.89. The zero-order valence-electron chi connectivity index (χ0n) is 15.3. The second kappa shape index (κ2) is 7.78. The summed E-state index contributed by atoms with van der Waals surface area (Å²) in [5, 5.41) is 0. The number of carbonyl (C=O) groups excluding carboxylic acids is 1. The van der Waals surface area contributed by atoms with Crippen molar-refractivity contribution in [1.29, 1.82) is 0 Å². The second-order valence-corrected chi connectivity index (χ2v) is 8.71. The summed E-state index contributed by atoms with van der Waals surface area (Å²) in [4.78, 5) is 12.1. The molecule has 0 bridgehead atoms. The predicted octanol–water partition coefficient (Wildman–Crippen LogP) is 3.45. The van der Waals surface area contributed by atoms with Crippen molar-refractivity contribution in [2.45, 2.75) is 31.6 Å². The first-order valence-corrected chi connectivity index (χ1v) is 10.3. The lowest BCUT2D eigenvalue weighted by Crippen LogP contribution is -2.41. The molecule has 0 aliphatic carbocycles. The summed E-state index contributed by atoms with van der Waals surface area (Å²) in [7, 11) is -3.91. The van der Waals surface area contributed by atoms with Crippen LogP contribution in [-0.4, -0.2) is 31.8 Å². The third-order valence-corrected chi connectivity index (χ3v) is 6.71. The fourth-order valence-corrected chi connectivity index (χ4v) is 4.77. The zero-order chi connectivity index (χ0) is 19.6. The van der Waals surface area contributed by atoms with Gasteiger partial charge in [0.05, 0.1) is 5.92 Å². The van der Waals surface area contributed by atoms with E-state index in [0.29, 0.717) is 18.6 Å². The Kier molecular flexibility index (Phi) is 5.62. The van der Waals surface area contributed by atoms with Crippen LogP contribution in [0.4, 0.5) is 4.39 Å². The number of nitrogens with zero attached hydrogens (tertiary/aromatic N) is 1. The van der Waals surface area contributed by atoms with Crippen LogP contribution in [0.1, 0.15) is 24.0 Å². The Bertz CT molecular complexity index is 950. The number of esters is 1. The first-order valence-electron chi connectivity index (χ1n) is 8.82. The molecule has 0 spiro atoms. The van der Waals surface area contributed by atoms with Crippen molar-refractivity contribution in [3.05, 3.63) is 59.4 Å². The van der Waals surface area contributed by atoms with E-state index in [-0.39, 0.29) is 29.9 Å². The molecule has 1 fully saturated rings. The average molecular weight is 391 g/mol. The van der Waals surface area contributed by atoms with E-state index in [2.05, 4.69) is 0 Å². The van der Waals surface area contributed by atoms with Crippen LogP contribution in [0.5, 0.6) is 5.75 Å². The molecular formula is C20H22FNO4S. The van der Waals surface area contributed by atoms with Crippen LogP contribution in [0, 0.1) is 25.6 Å². The van der Waals surface area contributed by atoms with Gasteiger partial charge in [-0.05, 0) is 50.5 Å². The Labute approximate surface area is 158 Å². The van der Waals surface area contributed by atoms with Gasteiger partial charge in [-0.3, -0.25) is 4.79 Å². The molecule has 7 heteroatoms. The lowest BCUT2D eigenvalue weighted by Gasteiger charge is -2.30. The standard InChI is InChI=1S/C20H22FNO4S/c1-14-7-8-18(15(2)13-14)26-20(23)16-9-11-22(12-10-16)27(24,25)19-6-4-3-5-17(19)21/h3-8,13,16H,9-12H2,1-2H3. The Balaban J connectivity index is 1.65. The Morgan fingerprint density at radius 1 is 1.11 bits per heavy atom. The topological polar surface area (TPSA) is 63.7 Å². The van der Waals surface area contributed by atoms with Gasteiger partial charge in [0.1, 0.15) is 16.5 Å². The Morgan fingerprint density at radius 2 is 1.78 bits per heavy atom. The number of carbonyl (C=O) groups is 1. The molecule has 1 saturated heterocycles. The molecule has 0 saturated carbocycles. The van der Waals surface area contributed by atoms with Gasteiger partial charge in [0.2, 0.25) is 10.0 Å². The monoisotopic (exact) mass is 391 g/mol. The summed E-state index contributed by atoms with van der Waals surface area (Å²) >= 11 is 0. The lowest BCUT2D eigenvalue weighted by atomic mass is 9.98. The van der Waals surface area contributed by atoms with Gasteiger partial charge in [0.25, 0.3) is 0 Å². The largest absolute Gasteiger partial charge is 0.426 e. The number of hydrogen-bond donors (Lipinski definition) is 0. The molecule has 0 aromatic heterocycles. The van der Waals surface area contributed by atoms with Gasteiger partial charge in [0.15, 0.2) is 0 Å². The van der Waals surface area contributed by atoms with Gasteiger partial charge in [-0.1, -0.05) is 29.8 Å². The summed E-state index contributed by atoms with van der Waals surface area (Å²) in [5.74, 6) is -0.983. The van der Waals surface area contributed by atoms with Gasteiger partial charge in [-0.15, -0.1) is 0 Å². The highest BCUT2D eigenvalue weighted by Crippen LogP contribution is 2.27. The maximum atomic E-state index is 13.9. The first kappa shape index (κ1) is 19.5. The van der Waals surface area contributed by atoms with Crippen molar-refractivity contribution < 1.29 is 22.3 Å². The molecule has 27 heavy (non-hydrogen) atoms. The fourth-order valence-electron chi connectivity index (χ4n) is 3.23. The number of aryl methyl sites for hydroxylation is 2. The molecule has 0 unspecified atom stereocenters. The molecule has 144 valence electrons. The molecule has 2 aromatic carbocycles. The summed E-state index contributed by atoms with van der Waals surface area (Å²) in [6.07, 6.45) is 0.689. The van der Waals surface area contributed by atoms with Gasteiger partial charge < -0.3 is 4.74 Å². The van der Waals surface area contributed by atoms with Crippen molar-refractivity contribution in [2.24, 2.45) is 5.92 Å². The quantitative estimate of drug-likeness (QED) is 0.592. The molecule has 0 radical (unpaired) electrons. The predicted molar refractivity (Wildman–Crippen MR) is 99.4 cm³/mol. The molecule has 1 heterocycles. The smallest absolute Gasteiger partial charge is 0.314 e. The normalized spacial score (nSPS) is 16.3. The van der Waals surface area contributed by atoms with Crippen molar-refractivity contribution in [2.75, 3.05) is 13.1 Å². The van der Waals surface area contributed by atoms with Crippen LogP contribution in [0.2, 0.25) is 0 Å². The van der Waals surface area contributed by atoms with E-state index >= 15 is 0 Å². The van der Waals surface area contributed by atoms with Crippen LogP contribution >= 0.6 is 0 Å². The average Bonchev–Trinajstić information content (AvgIpc) is 2.64. The summed E-state index contributed by atoms with van der Waals surface area (Å²) in [6.45, 7) is 4.15. The van der Waals surface area contributed by atoms with Gasteiger partial charge in [0, 0.05) is 13.1 Å². The molecule has 2 aromatic rings. The number of benzene rings is 2. The number of halogens is 1. The molecule has 1 aliphatic heterocycles. The van der Waals surface area contributed by atoms with Crippen molar-refractivity contribution in [3.8, 4) is 5.75 Å². The summed E-state index contributed by atoms with van der Waals surface area (Å²) < 4.78 is 45.8. The van der Waals surface area contributed by atoms with Gasteiger partial charge in [-0.2, -0.15) is 4.31 Å². The first-order chi connectivity index (χ1) is 12.8. The highest BCUT2D eigenvalue weighted by Gasteiger charge is 2.34. The number of piperidine rings is 1.